The minimum Gasteiger partial charge on any atom is -0.342 e. The Hall–Kier alpha value is -1.00. The largest absolute Gasteiger partial charge is 0.342 e. The molecule has 1 heterocycles. The van der Waals surface area contributed by atoms with Crippen molar-refractivity contribution < 1.29 is 4.79 Å². The summed E-state index contributed by atoms with van der Waals surface area (Å²) in [7, 11) is 1.94. The van der Waals surface area contributed by atoms with E-state index in [2.05, 4.69) is 29.6 Å². The van der Waals surface area contributed by atoms with Gasteiger partial charge in [0.25, 0.3) is 0 Å². The van der Waals surface area contributed by atoms with Crippen molar-refractivity contribution in [2.45, 2.75) is 30.7 Å². The molecule has 0 aromatic heterocycles. The molecule has 1 aliphatic heterocycles. The highest BCUT2D eigenvalue weighted by Gasteiger charge is 2.16. The van der Waals surface area contributed by atoms with E-state index in [9.17, 15) is 4.79 Å². The van der Waals surface area contributed by atoms with Crippen molar-refractivity contribution in [3.63, 3.8) is 0 Å². The number of rotatable bonds is 5. The normalized spacial score (nSPS) is 15.5. The first-order chi connectivity index (χ1) is 9.29. The van der Waals surface area contributed by atoms with Crippen LogP contribution in [0.25, 0.3) is 0 Å². The van der Waals surface area contributed by atoms with E-state index in [1.165, 1.54) is 16.9 Å². The quantitative estimate of drug-likeness (QED) is 0.840. The summed E-state index contributed by atoms with van der Waals surface area (Å²) in [5, 5.41) is 3.14. The fraction of sp³-hybridized carbons (Fsp3) is 0.533. The third-order valence-electron chi connectivity index (χ3n) is 3.35. The molecule has 0 atom stereocenters. The van der Waals surface area contributed by atoms with E-state index in [0.29, 0.717) is 5.75 Å². The zero-order valence-electron chi connectivity index (χ0n) is 11.5. The molecular weight excluding hydrogens is 256 g/mol. The maximum absolute atomic E-state index is 12.1. The van der Waals surface area contributed by atoms with Crippen molar-refractivity contribution >= 4 is 17.7 Å². The van der Waals surface area contributed by atoms with Crippen LogP contribution < -0.4 is 5.32 Å². The number of benzene rings is 1. The zero-order valence-corrected chi connectivity index (χ0v) is 12.3. The average Bonchev–Trinajstić information content (AvgIpc) is 2.46. The van der Waals surface area contributed by atoms with Crippen LogP contribution in [0.1, 0.15) is 24.8 Å². The van der Waals surface area contributed by atoms with Gasteiger partial charge in [0.15, 0.2) is 0 Å². The molecule has 1 amide bonds. The Morgan fingerprint density at radius 1 is 1.32 bits per heavy atom. The van der Waals surface area contributed by atoms with Crippen LogP contribution in [0.15, 0.2) is 29.2 Å². The van der Waals surface area contributed by atoms with Crippen LogP contribution in [0.2, 0.25) is 0 Å². The highest BCUT2D eigenvalue weighted by molar-refractivity contribution is 8.00. The molecule has 1 fully saturated rings. The lowest BCUT2D eigenvalue weighted by molar-refractivity contribution is -0.129. The number of hydrogen-bond donors (Lipinski definition) is 1. The number of hydrogen-bond acceptors (Lipinski definition) is 3. The molecule has 19 heavy (non-hydrogen) atoms. The molecule has 1 aromatic carbocycles. The summed E-state index contributed by atoms with van der Waals surface area (Å²) < 4.78 is 0. The lowest BCUT2D eigenvalue weighted by atomic mass is 10.1. The Labute approximate surface area is 119 Å². The number of carbonyl (C=O) groups is 1. The Bertz CT molecular complexity index is 416. The van der Waals surface area contributed by atoms with Crippen molar-refractivity contribution in [2.24, 2.45) is 0 Å². The van der Waals surface area contributed by atoms with Crippen LogP contribution in [-0.2, 0) is 11.3 Å². The number of nitrogens with one attached hydrogen (secondary N) is 1. The second-order valence-electron chi connectivity index (χ2n) is 4.91. The second kappa shape index (κ2) is 7.56. The van der Waals surface area contributed by atoms with Crippen molar-refractivity contribution in [3.8, 4) is 0 Å². The summed E-state index contributed by atoms with van der Waals surface area (Å²) >= 11 is 1.64. The van der Waals surface area contributed by atoms with Gasteiger partial charge in [-0.2, -0.15) is 0 Å². The van der Waals surface area contributed by atoms with Gasteiger partial charge in [0.2, 0.25) is 5.91 Å². The Morgan fingerprint density at radius 2 is 2.11 bits per heavy atom. The van der Waals surface area contributed by atoms with Crippen molar-refractivity contribution in [3.05, 3.63) is 29.8 Å². The minimum atomic E-state index is 0.281. The van der Waals surface area contributed by atoms with Crippen LogP contribution in [0, 0.1) is 0 Å². The number of amides is 1. The molecule has 3 nitrogen and oxygen atoms in total. The van der Waals surface area contributed by atoms with Crippen molar-refractivity contribution in [2.75, 3.05) is 25.9 Å². The summed E-state index contributed by atoms with van der Waals surface area (Å²) in [5.74, 6) is 0.840. The molecule has 0 spiro atoms. The standard InChI is InChI=1S/C15H22N2OS/c1-16-11-13-6-5-7-14(10-13)19-12-15(18)17-8-3-2-4-9-17/h5-7,10,16H,2-4,8-9,11-12H2,1H3. The topological polar surface area (TPSA) is 32.3 Å². The summed E-state index contributed by atoms with van der Waals surface area (Å²) in [4.78, 5) is 15.3. The molecule has 2 rings (SSSR count). The second-order valence-corrected chi connectivity index (χ2v) is 5.96. The molecule has 1 N–H and O–H groups in total. The molecule has 0 radical (unpaired) electrons. The third kappa shape index (κ3) is 4.55. The van der Waals surface area contributed by atoms with E-state index in [1.54, 1.807) is 11.8 Å². The zero-order chi connectivity index (χ0) is 13.5. The smallest absolute Gasteiger partial charge is 0.232 e. The predicted octanol–water partition coefficient (Wildman–Crippen LogP) is 2.51. The molecule has 0 bridgehead atoms. The van der Waals surface area contributed by atoms with Gasteiger partial charge in [0, 0.05) is 24.5 Å². The molecule has 4 heteroatoms. The summed E-state index contributed by atoms with van der Waals surface area (Å²) in [6.07, 6.45) is 3.59. The lowest BCUT2D eigenvalue weighted by Crippen LogP contribution is -2.36. The van der Waals surface area contributed by atoms with Crippen molar-refractivity contribution in [1.82, 2.24) is 10.2 Å². The molecule has 1 aromatic rings. The van der Waals surface area contributed by atoms with Gasteiger partial charge in [-0.3, -0.25) is 4.79 Å². The number of thioether (sulfide) groups is 1. The third-order valence-corrected chi connectivity index (χ3v) is 4.33. The van der Waals surface area contributed by atoms with Gasteiger partial charge in [-0.05, 0) is 44.0 Å². The van der Waals surface area contributed by atoms with Crippen molar-refractivity contribution in [1.29, 1.82) is 0 Å². The number of likely N-dealkylation sites (tertiary alicyclic amines) is 1. The van der Waals surface area contributed by atoms with Gasteiger partial charge >= 0.3 is 0 Å². The number of carbonyl (C=O) groups excluding carboxylic acids is 1. The molecule has 104 valence electrons. The number of piperidine rings is 1. The van der Waals surface area contributed by atoms with Crippen LogP contribution in [0.3, 0.4) is 0 Å². The predicted molar refractivity (Wildman–Crippen MR) is 80.4 cm³/mol. The fourth-order valence-electron chi connectivity index (χ4n) is 2.33. The first kappa shape index (κ1) is 14.4. The maximum atomic E-state index is 12.1. The molecule has 1 aliphatic rings. The van der Waals surface area contributed by atoms with Crippen LogP contribution in [-0.4, -0.2) is 36.7 Å². The van der Waals surface area contributed by atoms with E-state index < -0.39 is 0 Å². The molecular formula is C15H22N2OS. The van der Waals surface area contributed by atoms with Crippen LogP contribution in [0.4, 0.5) is 0 Å². The molecule has 0 aliphatic carbocycles. The van der Waals surface area contributed by atoms with Crippen LogP contribution in [0.5, 0.6) is 0 Å². The van der Waals surface area contributed by atoms with E-state index in [1.807, 2.05) is 11.9 Å². The highest BCUT2D eigenvalue weighted by Crippen LogP contribution is 2.20. The molecule has 0 saturated carbocycles. The van der Waals surface area contributed by atoms with E-state index in [-0.39, 0.29) is 5.91 Å². The summed E-state index contributed by atoms with van der Waals surface area (Å²) in [5.41, 5.74) is 1.26. The highest BCUT2D eigenvalue weighted by atomic mass is 32.2. The maximum Gasteiger partial charge on any atom is 0.232 e. The van der Waals surface area contributed by atoms with Gasteiger partial charge in [0.05, 0.1) is 5.75 Å². The van der Waals surface area contributed by atoms with Gasteiger partial charge in [-0.15, -0.1) is 11.8 Å². The van der Waals surface area contributed by atoms with Gasteiger partial charge < -0.3 is 10.2 Å². The fourth-order valence-corrected chi connectivity index (χ4v) is 3.21. The average molecular weight is 278 g/mol. The minimum absolute atomic E-state index is 0.281. The lowest BCUT2D eigenvalue weighted by Gasteiger charge is -2.26. The van der Waals surface area contributed by atoms with E-state index >= 15 is 0 Å². The first-order valence-corrected chi connectivity index (χ1v) is 7.92. The van der Waals surface area contributed by atoms with Gasteiger partial charge in [0.1, 0.15) is 0 Å². The molecule has 1 saturated heterocycles. The Kier molecular flexibility index (Phi) is 5.73. The van der Waals surface area contributed by atoms with E-state index in [4.69, 9.17) is 0 Å². The first-order valence-electron chi connectivity index (χ1n) is 6.94. The Morgan fingerprint density at radius 3 is 2.84 bits per heavy atom. The summed E-state index contributed by atoms with van der Waals surface area (Å²) in [6, 6.07) is 8.39. The van der Waals surface area contributed by atoms with E-state index in [0.717, 1.165) is 32.5 Å². The van der Waals surface area contributed by atoms with Crippen LogP contribution >= 0.6 is 11.8 Å². The number of nitrogens with zero attached hydrogens (tertiary/aromatic N) is 1. The summed E-state index contributed by atoms with van der Waals surface area (Å²) in [6.45, 7) is 2.76. The van der Waals surface area contributed by atoms with Gasteiger partial charge in [-0.1, -0.05) is 12.1 Å². The SMILES string of the molecule is CNCc1cccc(SCC(=O)N2CCCCC2)c1. The van der Waals surface area contributed by atoms with Gasteiger partial charge in [-0.25, -0.2) is 0 Å². The monoisotopic (exact) mass is 278 g/mol. The molecule has 0 unspecified atom stereocenters. The Balaban J connectivity index is 1.83.